The van der Waals surface area contributed by atoms with Gasteiger partial charge in [0.15, 0.2) is 0 Å². The van der Waals surface area contributed by atoms with Crippen molar-refractivity contribution in [3.8, 4) is 44.5 Å². The van der Waals surface area contributed by atoms with Crippen LogP contribution in [-0.2, 0) is 16.2 Å². The average Bonchev–Trinajstić information content (AvgIpc) is 3.81. The second-order valence-corrected chi connectivity index (χ2v) is 21.6. The first-order chi connectivity index (χ1) is 31.3. The summed E-state index contributed by atoms with van der Waals surface area (Å²) in [4.78, 5) is 2.58. The zero-order chi connectivity index (χ0) is 44.8. The highest BCUT2D eigenvalue weighted by Gasteiger charge is 2.37. The van der Waals surface area contributed by atoms with Gasteiger partial charge in [0, 0.05) is 36.7 Å². The van der Waals surface area contributed by atoms with Crippen molar-refractivity contribution in [3.63, 3.8) is 0 Å². The number of fused-ring (bicyclic) bond motifs is 7. The second-order valence-electron chi connectivity index (χ2n) is 20.5. The fraction of sp³-hybridized carbons (Fsp3) is 0.175. The molecule has 1 heterocycles. The highest BCUT2D eigenvalue weighted by atomic mass is 32.1. The Morgan fingerprint density at radius 1 is 0.400 bits per heavy atom. The lowest BCUT2D eigenvalue weighted by Crippen LogP contribution is -2.16. The molecule has 0 saturated heterocycles. The minimum absolute atomic E-state index is 0.00648. The zero-order valence-electron chi connectivity index (χ0n) is 38.8. The van der Waals surface area contributed by atoms with Gasteiger partial charge in [-0.15, -0.1) is 11.3 Å². The van der Waals surface area contributed by atoms with E-state index in [9.17, 15) is 0 Å². The van der Waals surface area contributed by atoms with Gasteiger partial charge in [-0.3, -0.25) is 0 Å². The van der Waals surface area contributed by atoms with Gasteiger partial charge in [0.25, 0.3) is 0 Å². The molecule has 10 aromatic rings. The number of thiophene rings is 1. The summed E-state index contributed by atoms with van der Waals surface area (Å²) in [5, 5.41) is 5.04. The van der Waals surface area contributed by atoms with E-state index in [-0.39, 0.29) is 16.2 Å². The van der Waals surface area contributed by atoms with Crippen molar-refractivity contribution in [3.05, 3.63) is 210 Å². The molecule has 11 rings (SSSR count). The average molecular weight is 858 g/mol. The SMILES string of the molecule is CC(C)(C)c1cc(-c2cccc3cccc(-c4ccccc4N(c4ccccc4-c4cccc5c4-c4ccccc4C5(C)C)c4cccc5sc6ccccc6c45)c23)cc(C(C)(C)C)c1. The summed E-state index contributed by atoms with van der Waals surface area (Å²) in [6, 6.07) is 71.0. The van der Waals surface area contributed by atoms with Gasteiger partial charge in [-0.05, 0) is 108 Å². The molecular formula is C63H55NS. The molecule has 0 N–H and O–H groups in total. The predicted molar refractivity (Wildman–Crippen MR) is 283 cm³/mol. The Morgan fingerprint density at radius 2 is 0.892 bits per heavy atom. The number of rotatable bonds is 6. The van der Waals surface area contributed by atoms with Crippen LogP contribution in [0.3, 0.4) is 0 Å². The fourth-order valence-electron chi connectivity index (χ4n) is 10.6. The lowest BCUT2D eigenvalue weighted by molar-refractivity contribution is 0.569. The van der Waals surface area contributed by atoms with Gasteiger partial charge >= 0.3 is 0 Å². The Hall–Kier alpha value is -6.74. The number of para-hydroxylation sites is 2. The van der Waals surface area contributed by atoms with Gasteiger partial charge < -0.3 is 4.90 Å². The van der Waals surface area contributed by atoms with Crippen LogP contribution in [0, 0.1) is 0 Å². The first-order valence-corrected chi connectivity index (χ1v) is 23.9. The quantitative estimate of drug-likeness (QED) is 0.161. The Labute approximate surface area is 388 Å². The smallest absolute Gasteiger partial charge is 0.0555 e. The van der Waals surface area contributed by atoms with Crippen molar-refractivity contribution < 1.29 is 0 Å². The molecule has 65 heavy (non-hydrogen) atoms. The molecule has 0 fully saturated rings. The van der Waals surface area contributed by atoms with E-state index < -0.39 is 0 Å². The number of nitrogens with zero attached hydrogens (tertiary/aromatic N) is 1. The largest absolute Gasteiger partial charge is 0.309 e. The van der Waals surface area contributed by atoms with E-state index in [1.807, 2.05) is 11.3 Å². The Balaban J connectivity index is 1.22. The van der Waals surface area contributed by atoms with E-state index >= 15 is 0 Å². The van der Waals surface area contributed by atoms with Crippen LogP contribution in [0.5, 0.6) is 0 Å². The van der Waals surface area contributed by atoms with Crippen molar-refractivity contribution in [2.45, 2.75) is 71.6 Å². The number of benzene rings is 9. The zero-order valence-corrected chi connectivity index (χ0v) is 39.6. The van der Waals surface area contributed by atoms with Gasteiger partial charge in [-0.2, -0.15) is 0 Å². The van der Waals surface area contributed by atoms with E-state index in [0.29, 0.717) is 0 Å². The monoisotopic (exact) mass is 857 g/mol. The maximum absolute atomic E-state index is 2.58. The third-order valence-corrected chi connectivity index (χ3v) is 15.1. The molecule has 1 aromatic heterocycles. The van der Waals surface area contributed by atoms with Crippen LogP contribution >= 0.6 is 11.3 Å². The molecule has 0 atom stereocenters. The van der Waals surface area contributed by atoms with Gasteiger partial charge in [0.1, 0.15) is 0 Å². The Morgan fingerprint density at radius 3 is 1.58 bits per heavy atom. The highest BCUT2D eigenvalue weighted by molar-refractivity contribution is 7.26. The van der Waals surface area contributed by atoms with E-state index in [1.165, 1.54) is 103 Å². The summed E-state index contributed by atoms with van der Waals surface area (Å²) in [5.74, 6) is 0. The standard InChI is InChI=1S/C63H55NS/c1-61(2,3)42-37-41(38-43(39-42)62(4,5)6)44-27-17-21-40-22-18-28-47(58(40)44)45-23-10-14-32-53(45)64(55-34-20-36-57-60(55)50-26-12-16-35-56(50)65-57)54-33-15-11-24-46(54)48-29-19-31-52-59(48)49-25-9-13-30-51(49)63(52,7)8/h9-39H,1-8H3. The lowest BCUT2D eigenvalue weighted by Gasteiger charge is -2.31. The van der Waals surface area contributed by atoms with E-state index in [2.05, 4.69) is 248 Å². The first-order valence-electron chi connectivity index (χ1n) is 23.1. The van der Waals surface area contributed by atoms with Gasteiger partial charge in [-0.25, -0.2) is 0 Å². The molecule has 9 aromatic carbocycles. The number of anilines is 3. The summed E-state index contributed by atoms with van der Waals surface area (Å²) in [5.41, 5.74) is 18.8. The third kappa shape index (κ3) is 6.72. The summed E-state index contributed by atoms with van der Waals surface area (Å²) < 4.78 is 2.57. The first kappa shape index (κ1) is 41.0. The molecule has 0 amide bonds. The molecular weight excluding hydrogens is 803 g/mol. The molecule has 1 nitrogen and oxygen atoms in total. The number of hydrogen-bond donors (Lipinski definition) is 0. The van der Waals surface area contributed by atoms with Crippen molar-refractivity contribution >= 4 is 59.3 Å². The normalized spacial score (nSPS) is 13.4. The van der Waals surface area contributed by atoms with Gasteiger partial charge in [-0.1, -0.05) is 213 Å². The third-order valence-electron chi connectivity index (χ3n) is 14.0. The van der Waals surface area contributed by atoms with Gasteiger partial charge in [0.2, 0.25) is 0 Å². The summed E-state index contributed by atoms with van der Waals surface area (Å²) in [6.45, 7) is 18.7. The summed E-state index contributed by atoms with van der Waals surface area (Å²) in [6.07, 6.45) is 0. The van der Waals surface area contributed by atoms with Crippen LogP contribution < -0.4 is 4.90 Å². The molecule has 0 bridgehead atoms. The molecule has 2 heteroatoms. The van der Waals surface area contributed by atoms with Crippen molar-refractivity contribution in [2.24, 2.45) is 0 Å². The predicted octanol–water partition coefficient (Wildman–Crippen LogP) is 18.6. The van der Waals surface area contributed by atoms with Crippen LogP contribution in [0.2, 0.25) is 0 Å². The number of hydrogen-bond acceptors (Lipinski definition) is 2. The Bertz CT molecular complexity index is 3460. The molecule has 1 aliphatic rings. The summed E-state index contributed by atoms with van der Waals surface area (Å²) in [7, 11) is 0. The topological polar surface area (TPSA) is 3.24 Å². The maximum atomic E-state index is 2.58. The Kier molecular flexibility index (Phi) is 9.58. The van der Waals surface area contributed by atoms with Crippen molar-refractivity contribution in [1.29, 1.82) is 0 Å². The van der Waals surface area contributed by atoms with Gasteiger partial charge in [0.05, 0.1) is 17.1 Å². The second kappa shape index (κ2) is 15.2. The van der Waals surface area contributed by atoms with Crippen molar-refractivity contribution in [1.82, 2.24) is 0 Å². The molecule has 0 radical (unpaired) electrons. The fourth-order valence-corrected chi connectivity index (χ4v) is 11.7. The summed E-state index contributed by atoms with van der Waals surface area (Å²) >= 11 is 1.87. The van der Waals surface area contributed by atoms with Crippen LogP contribution in [0.4, 0.5) is 17.1 Å². The molecule has 0 unspecified atom stereocenters. The van der Waals surface area contributed by atoms with Crippen LogP contribution in [-0.4, -0.2) is 0 Å². The van der Waals surface area contributed by atoms with Crippen LogP contribution in [0.1, 0.15) is 77.6 Å². The minimum atomic E-state index is -0.115. The molecule has 318 valence electrons. The molecule has 0 spiro atoms. The molecule has 1 aliphatic carbocycles. The van der Waals surface area contributed by atoms with E-state index in [4.69, 9.17) is 0 Å². The van der Waals surface area contributed by atoms with Crippen molar-refractivity contribution in [2.75, 3.05) is 4.90 Å². The van der Waals surface area contributed by atoms with E-state index in [1.54, 1.807) is 0 Å². The van der Waals surface area contributed by atoms with Crippen LogP contribution in [0.15, 0.2) is 188 Å². The van der Waals surface area contributed by atoms with E-state index in [0.717, 1.165) is 11.4 Å². The highest BCUT2D eigenvalue weighted by Crippen LogP contribution is 2.55. The lowest BCUT2D eigenvalue weighted by atomic mass is 9.78. The molecule has 0 aliphatic heterocycles. The molecule has 0 saturated carbocycles. The van der Waals surface area contributed by atoms with Crippen LogP contribution in [0.25, 0.3) is 75.5 Å². The maximum Gasteiger partial charge on any atom is 0.0555 e. The minimum Gasteiger partial charge on any atom is -0.309 e.